The van der Waals surface area contributed by atoms with Gasteiger partial charge in [-0.05, 0) is 23.6 Å². The highest BCUT2D eigenvalue weighted by atomic mass is 17.2. The zero-order valence-electron chi connectivity index (χ0n) is 9.28. The maximum atomic E-state index is 9.78. The van der Waals surface area contributed by atoms with Gasteiger partial charge in [-0.2, -0.15) is 4.89 Å². The number of hydrogen-bond donors (Lipinski definition) is 1. The standard InChI is InChI=1S/C12H16O3/c1-4-8-5-6-9-7-10(8)14-15-11(13)12(9,2)3/h5-7,11,13H,4H2,1-3H3. The van der Waals surface area contributed by atoms with Gasteiger partial charge in [-0.25, -0.2) is 0 Å². The molecule has 1 unspecified atom stereocenters. The van der Waals surface area contributed by atoms with Crippen molar-refractivity contribution in [3.63, 3.8) is 0 Å². The minimum Gasteiger partial charge on any atom is -0.364 e. The zero-order chi connectivity index (χ0) is 11.1. The fourth-order valence-electron chi connectivity index (χ4n) is 1.69. The van der Waals surface area contributed by atoms with Gasteiger partial charge in [-0.15, -0.1) is 0 Å². The van der Waals surface area contributed by atoms with Crippen LogP contribution in [0.15, 0.2) is 18.2 Å². The molecule has 1 atom stereocenters. The molecule has 2 rings (SSSR count). The Morgan fingerprint density at radius 3 is 2.80 bits per heavy atom. The van der Waals surface area contributed by atoms with Crippen molar-refractivity contribution in [1.82, 2.24) is 0 Å². The molecule has 1 N–H and O–H groups in total. The Morgan fingerprint density at radius 2 is 2.13 bits per heavy atom. The minimum atomic E-state index is -0.942. The van der Waals surface area contributed by atoms with Gasteiger partial charge in [0.1, 0.15) is 0 Å². The summed E-state index contributed by atoms with van der Waals surface area (Å²) in [7, 11) is 0. The van der Waals surface area contributed by atoms with Crippen molar-refractivity contribution in [2.24, 2.45) is 0 Å². The van der Waals surface area contributed by atoms with Crippen LogP contribution in [-0.2, 0) is 16.7 Å². The third-order valence-corrected chi connectivity index (χ3v) is 3.04. The Hall–Kier alpha value is -1.06. The molecule has 1 aliphatic rings. The summed E-state index contributed by atoms with van der Waals surface area (Å²) in [5.74, 6) is 0.708. The van der Waals surface area contributed by atoms with E-state index in [-0.39, 0.29) is 0 Å². The summed E-state index contributed by atoms with van der Waals surface area (Å²) in [5.41, 5.74) is 1.67. The number of benzene rings is 1. The normalized spacial score (nSPS) is 23.1. The van der Waals surface area contributed by atoms with Crippen LogP contribution < -0.4 is 4.89 Å². The highest BCUT2D eigenvalue weighted by Crippen LogP contribution is 2.35. The Balaban J connectivity index is 2.50. The lowest BCUT2D eigenvalue weighted by Crippen LogP contribution is -2.35. The van der Waals surface area contributed by atoms with E-state index in [0.717, 1.165) is 17.5 Å². The van der Waals surface area contributed by atoms with Crippen LogP contribution in [0.3, 0.4) is 0 Å². The van der Waals surface area contributed by atoms with Gasteiger partial charge in [0.15, 0.2) is 5.75 Å². The van der Waals surface area contributed by atoms with Crippen molar-refractivity contribution in [1.29, 1.82) is 0 Å². The van der Waals surface area contributed by atoms with E-state index in [1.807, 2.05) is 32.0 Å². The van der Waals surface area contributed by atoms with E-state index in [1.54, 1.807) is 0 Å². The molecular formula is C12H16O3. The summed E-state index contributed by atoms with van der Waals surface area (Å²) in [6.45, 7) is 5.91. The van der Waals surface area contributed by atoms with Gasteiger partial charge in [0, 0.05) is 5.41 Å². The molecule has 3 heteroatoms. The van der Waals surface area contributed by atoms with E-state index >= 15 is 0 Å². The molecule has 2 bridgehead atoms. The molecule has 0 saturated heterocycles. The van der Waals surface area contributed by atoms with Crippen LogP contribution in [0.4, 0.5) is 0 Å². The van der Waals surface area contributed by atoms with Gasteiger partial charge < -0.3 is 9.99 Å². The van der Waals surface area contributed by atoms with Crippen LogP contribution in [0.25, 0.3) is 0 Å². The predicted octanol–water partition coefficient (Wildman–Crippen LogP) is 2.17. The molecule has 0 amide bonds. The van der Waals surface area contributed by atoms with Crippen molar-refractivity contribution in [2.75, 3.05) is 0 Å². The topological polar surface area (TPSA) is 38.7 Å². The minimum absolute atomic E-state index is 0.447. The smallest absolute Gasteiger partial charge is 0.209 e. The molecule has 1 aliphatic heterocycles. The van der Waals surface area contributed by atoms with E-state index in [1.165, 1.54) is 0 Å². The van der Waals surface area contributed by atoms with Crippen molar-refractivity contribution in [3.05, 3.63) is 29.3 Å². The maximum absolute atomic E-state index is 9.78. The molecule has 0 aliphatic carbocycles. The van der Waals surface area contributed by atoms with Crippen LogP contribution in [0.2, 0.25) is 0 Å². The third kappa shape index (κ3) is 1.62. The van der Waals surface area contributed by atoms with E-state index in [0.29, 0.717) is 5.75 Å². The van der Waals surface area contributed by atoms with Crippen molar-refractivity contribution < 1.29 is 14.9 Å². The maximum Gasteiger partial charge on any atom is 0.209 e. The Bertz CT molecular complexity index is 371. The van der Waals surface area contributed by atoms with E-state index in [2.05, 4.69) is 6.92 Å². The summed E-state index contributed by atoms with van der Waals surface area (Å²) in [6, 6.07) is 5.98. The van der Waals surface area contributed by atoms with E-state index < -0.39 is 11.7 Å². The van der Waals surface area contributed by atoms with Crippen LogP contribution in [0.5, 0.6) is 5.75 Å². The van der Waals surface area contributed by atoms with Crippen molar-refractivity contribution >= 4 is 0 Å². The van der Waals surface area contributed by atoms with Gasteiger partial charge in [0.25, 0.3) is 0 Å². The van der Waals surface area contributed by atoms with Crippen molar-refractivity contribution in [2.45, 2.75) is 38.9 Å². The van der Waals surface area contributed by atoms with Crippen molar-refractivity contribution in [3.8, 4) is 5.75 Å². The van der Waals surface area contributed by atoms with Gasteiger partial charge in [-0.1, -0.05) is 32.9 Å². The van der Waals surface area contributed by atoms with Crippen LogP contribution >= 0.6 is 0 Å². The molecular weight excluding hydrogens is 192 g/mol. The number of hydrogen-bond acceptors (Lipinski definition) is 3. The monoisotopic (exact) mass is 208 g/mol. The summed E-state index contributed by atoms with van der Waals surface area (Å²) < 4.78 is 0. The first-order valence-corrected chi connectivity index (χ1v) is 5.20. The summed E-state index contributed by atoms with van der Waals surface area (Å²) >= 11 is 0. The third-order valence-electron chi connectivity index (χ3n) is 3.04. The molecule has 1 aromatic rings. The number of rotatable bonds is 1. The molecule has 0 spiro atoms. The molecule has 0 aromatic heterocycles. The zero-order valence-corrected chi connectivity index (χ0v) is 9.28. The summed E-state index contributed by atoms with van der Waals surface area (Å²) in [4.78, 5) is 10.1. The average Bonchev–Trinajstić information content (AvgIpc) is 2.31. The molecule has 3 nitrogen and oxygen atoms in total. The molecule has 0 fully saturated rings. The average molecular weight is 208 g/mol. The predicted molar refractivity (Wildman–Crippen MR) is 56.6 cm³/mol. The lowest BCUT2D eigenvalue weighted by molar-refractivity contribution is -0.320. The second-order valence-corrected chi connectivity index (χ2v) is 4.43. The lowest BCUT2D eigenvalue weighted by Gasteiger charge is -2.26. The number of aryl methyl sites for hydroxylation is 1. The first-order chi connectivity index (χ1) is 7.05. The second kappa shape index (κ2) is 3.51. The molecule has 0 radical (unpaired) electrons. The Morgan fingerprint density at radius 1 is 1.40 bits per heavy atom. The van der Waals surface area contributed by atoms with Crippen LogP contribution in [-0.4, -0.2) is 11.4 Å². The van der Waals surface area contributed by atoms with Crippen LogP contribution in [0, 0.1) is 0 Å². The largest absolute Gasteiger partial charge is 0.364 e. The molecule has 82 valence electrons. The van der Waals surface area contributed by atoms with Gasteiger partial charge in [-0.3, -0.25) is 0 Å². The molecule has 15 heavy (non-hydrogen) atoms. The Labute approximate surface area is 89.6 Å². The SMILES string of the molecule is CCc1ccc2cc1OOC(O)C2(C)C. The highest BCUT2D eigenvalue weighted by molar-refractivity contribution is 5.41. The first kappa shape index (κ1) is 10.5. The molecule has 0 saturated carbocycles. The number of aliphatic hydroxyl groups is 1. The number of fused-ring (bicyclic) bond motifs is 2. The molecule has 1 aromatic carbocycles. The summed E-state index contributed by atoms with van der Waals surface area (Å²) in [6.07, 6.45) is -0.0581. The number of aliphatic hydroxyl groups excluding tert-OH is 1. The summed E-state index contributed by atoms with van der Waals surface area (Å²) in [5, 5.41) is 9.78. The second-order valence-electron chi connectivity index (χ2n) is 4.43. The first-order valence-electron chi connectivity index (χ1n) is 5.20. The van der Waals surface area contributed by atoms with E-state index in [9.17, 15) is 5.11 Å². The van der Waals surface area contributed by atoms with Gasteiger partial charge >= 0.3 is 0 Å². The van der Waals surface area contributed by atoms with E-state index in [4.69, 9.17) is 9.78 Å². The quantitative estimate of drug-likeness (QED) is 0.719. The lowest BCUT2D eigenvalue weighted by atomic mass is 9.83. The molecule has 1 heterocycles. The van der Waals surface area contributed by atoms with Crippen LogP contribution in [0.1, 0.15) is 31.9 Å². The Kier molecular flexibility index (Phi) is 2.44. The fraction of sp³-hybridized carbons (Fsp3) is 0.500. The van der Waals surface area contributed by atoms with Gasteiger partial charge in [0.2, 0.25) is 6.29 Å². The van der Waals surface area contributed by atoms with Gasteiger partial charge in [0.05, 0.1) is 0 Å². The fourth-order valence-corrected chi connectivity index (χ4v) is 1.69. The highest BCUT2D eigenvalue weighted by Gasteiger charge is 2.35.